The zero-order valence-electron chi connectivity index (χ0n) is 14.2. The molecule has 0 aromatic carbocycles. The van der Waals surface area contributed by atoms with Gasteiger partial charge >= 0.3 is 0 Å². The van der Waals surface area contributed by atoms with Crippen molar-refractivity contribution in [1.29, 1.82) is 0 Å². The van der Waals surface area contributed by atoms with Crippen LogP contribution in [0.2, 0.25) is 0 Å². The van der Waals surface area contributed by atoms with E-state index >= 15 is 0 Å². The molecular weight excluding hydrogens is 260 g/mol. The van der Waals surface area contributed by atoms with E-state index in [9.17, 15) is 0 Å². The number of rotatable bonds is 5. The Labute approximate surface area is 129 Å². The molecular formula is C17H30N4. The van der Waals surface area contributed by atoms with Gasteiger partial charge in [0.15, 0.2) is 0 Å². The van der Waals surface area contributed by atoms with E-state index in [0.717, 1.165) is 36.5 Å². The standard InChI is InChI=1S/C17H30N4/c1-6-18-14-11-15(20-16(19-14)17(2,3)4)21(5)12-13-9-7-8-10-13/h11,13H,6-10,12H2,1-5H3,(H,18,19,20). The normalized spacial score (nSPS) is 16.2. The van der Waals surface area contributed by atoms with Crippen LogP contribution >= 0.6 is 0 Å². The summed E-state index contributed by atoms with van der Waals surface area (Å²) in [7, 11) is 2.16. The minimum atomic E-state index is -0.0334. The van der Waals surface area contributed by atoms with E-state index < -0.39 is 0 Å². The monoisotopic (exact) mass is 290 g/mol. The predicted molar refractivity (Wildman–Crippen MR) is 90.1 cm³/mol. The predicted octanol–water partition coefficient (Wildman–Crippen LogP) is 3.83. The molecule has 118 valence electrons. The number of hydrogen-bond acceptors (Lipinski definition) is 4. The van der Waals surface area contributed by atoms with Gasteiger partial charge in [-0.25, -0.2) is 9.97 Å². The third kappa shape index (κ3) is 4.32. The molecule has 1 aromatic heterocycles. The first-order valence-electron chi connectivity index (χ1n) is 8.24. The van der Waals surface area contributed by atoms with Crippen molar-refractivity contribution in [2.75, 3.05) is 30.4 Å². The summed E-state index contributed by atoms with van der Waals surface area (Å²) >= 11 is 0. The molecule has 0 unspecified atom stereocenters. The van der Waals surface area contributed by atoms with Crippen molar-refractivity contribution in [2.45, 2.75) is 58.8 Å². The Morgan fingerprint density at radius 1 is 1.24 bits per heavy atom. The molecule has 1 fully saturated rings. The fourth-order valence-corrected chi connectivity index (χ4v) is 2.91. The molecule has 4 heteroatoms. The topological polar surface area (TPSA) is 41.0 Å². The second-order valence-corrected chi connectivity index (χ2v) is 7.25. The van der Waals surface area contributed by atoms with Crippen molar-refractivity contribution in [3.05, 3.63) is 11.9 Å². The van der Waals surface area contributed by atoms with E-state index in [0.29, 0.717) is 0 Å². The van der Waals surface area contributed by atoms with Gasteiger partial charge in [0.1, 0.15) is 17.5 Å². The summed E-state index contributed by atoms with van der Waals surface area (Å²) in [5, 5.41) is 3.33. The fraction of sp³-hybridized carbons (Fsp3) is 0.765. The molecule has 1 aromatic rings. The second-order valence-electron chi connectivity index (χ2n) is 7.25. The molecule has 1 aliphatic carbocycles. The first kappa shape index (κ1) is 16.1. The maximum absolute atomic E-state index is 4.80. The van der Waals surface area contributed by atoms with Crippen molar-refractivity contribution in [3.8, 4) is 0 Å². The van der Waals surface area contributed by atoms with E-state index in [1.54, 1.807) is 0 Å². The van der Waals surface area contributed by atoms with E-state index in [4.69, 9.17) is 4.98 Å². The van der Waals surface area contributed by atoms with Gasteiger partial charge in [-0.05, 0) is 25.7 Å². The average molecular weight is 290 g/mol. The maximum Gasteiger partial charge on any atom is 0.138 e. The van der Waals surface area contributed by atoms with Gasteiger partial charge in [0, 0.05) is 31.6 Å². The summed E-state index contributed by atoms with van der Waals surface area (Å²) < 4.78 is 0. The quantitative estimate of drug-likeness (QED) is 0.894. The van der Waals surface area contributed by atoms with Crippen LogP contribution in [0.25, 0.3) is 0 Å². The van der Waals surface area contributed by atoms with Gasteiger partial charge < -0.3 is 10.2 Å². The third-order valence-electron chi connectivity index (χ3n) is 4.14. The SMILES string of the molecule is CCNc1cc(N(C)CC2CCCC2)nc(C(C)(C)C)n1. The Kier molecular flexibility index (Phi) is 5.07. The van der Waals surface area contributed by atoms with Crippen LogP contribution in [-0.4, -0.2) is 30.1 Å². The second kappa shape index (κ2) is 6.63. The number of hydrogen-bond donors (Lipinski definition) is 1. The van der Waals surface area contributed by atoms with Crippen LogP contribution in [0.15, 0.2) is 6.07 Å². The Bertz CT molecular complexity index is 458. The fourth-order valence-electron chi connectivity index (χ4n) is 2.91. The Morgan fingerprint density at radius 2 is 1.90 bits per heavy atom. The summed E-state index contributed by atoms with van der Waals surface area (Å²) in [6.07, 6.45) is 5.50. The smallest absolute Gasteiger partial charge is 0.138 e. The van der Waals surface area contributed by atoms with Crippen LogP contribution in [-0.2, 0) is 5.41 Å². The zero-order valence-corrected chi connectivity index (χ0v) is 14.2. The lowest BCUT2D eigenvalue weighted by atomic mass is 9.96. The van der Waals surface area contributed by atoms with E-state index in [-0.39, 0.29) is 5.41 Å². The molecule has 1 aliphatic rings. The summed E-state index contributed by atoms with van der Waals surface area (Å²) in [6.45, 7) is 10.6. The molecule has 21 heavy (non-hydrogen) atoms. The lowest BCUT2D eigenvalue weighted by molar-refractivity contribution is 0.532. The first-order chi connectivity index (χ1) is 9.90. The van der Waals surface area contributed by atoms with Gasteiger partial charge in [-0.15, -0.1) is 0 Å². The van der Waals surface area contributed by atoms with Crippen LogP contribution in [0.5, 0.6) is 0 Å². The van der Waals surface area contributed by atoms with Gasteiger partial charge in [-0.1, -0.05) is 33.6 Å². The van der Waals surface area contributed by atoms with E-state index in [1.165, 1.54) is 25.7 Å². The molecule has 1 heterocycles. The molecule has 0 spiro atoms. The van der Waals surface area contributed by atoms with Crippen molar-refractivity contribution in [2.24, 2.45) is 5.92 Å². The Hall–Kier alpha value is -1.32. The van der Waals surface area contributed by atoms with Crippen LogP contribution in [0.4, 0.5) is 11.6 Å². The highest BCUT2D eigenvalue weighted by Crippen LogP contribution is 2.28. The van der Waals surface area contributed by atoms with Crippen LogP contribution in [0.3, 0.4) is 0 Å². The molecule has 1 N–H and O–H groups in total. The van der Waals surface area contributed by atoms with E-state index in [2.05, 4.69) is 56.0 Å². The average Bonchev–Trinajstić information content (AvgIpc) is 2.90. The summed E-state index contributed by atoms with van der Waals surface area (Å²) in [4.78, 5) is 11.8. The lowest BCUT2D eigenvalue weighted by Crippen LogP contribution is -2.27. The number of nitrogens with one attached hydrogen (secondary N) is 1. The number of aromatic nitrogens is 2. The molecule has 0 saturated heterocycles. The number of anilines is 2. The molecule has 0 amide bonds. The summed E-state index contributed by atoms with van der Waals surface area (Å²) in [6, 6.07) is 2.08. The van der Waals surface area contributed by atoms with Gasteiger partial charge in [0.05, 0.1) is 0 Å². The largest absolute Gasteiger partial charge is 0.370 e. The van der Waals surface area contributed by atoms with Gasteiger partial charge in [0.2, 0.25) is 0 Å². The highest BCUT2D eigenvalue weighted by molar-refractivity contribution is 5.49. The molecule has 2 rings (SSSR count). The Morgan fingerprint density at radius 3 is 2.48 bits per heavy atom. The highest BCUT2D eigenvalue weighted by Gasteiger charge is 2.22. The molecule has 1 saturated carbocycles. The van der Waals surface area contributed by atoms with Crippen LogP contribution in [0, 0.1) is 5.92 Å². The molecule has 0 radical (unpaired) electrons. The highest BCUT2D eigenvalue weighted by atomic mass is 15.2. The minimum Gasteiger partial charge on any atom is -0.370 e. The minimum absolute atomic E-state index is 0.0334. The van der Waals surface area contributed by atoms with Crippen molar-refractivity contribution in [3.63, 3.8) is 0 Å². The zero-order chi connectivity index (χ0) is 15.5. The third-order valence-corrected chi connectivity index (χ3v) is 4.14. The molecule has 0 bridgehead atoms. The lowest BCUT2D eigenvalue weighted by Gasteiger charge is -2.25. The van der Waals surface area contributed by atoms with Crippen LogP contribution < -0.4 is 10.2 Å². The number of nitrogens with zero attached hydrogens (tertiary/aromatic N) is 3. The van der Waals surface area contributed by atoms with Crippen molar-refractivity contribution < 1.29 is 0 Å². The molecule has 0 atom stereocenters. The van der Waals surface area contributed by atoms with Crippen molar-refractivity contribution in [1.82, 2.24) is 9.97 Å². The van der Waals surface area contributed by atoms with Crippen molar-refractivity contribution >= 4 is 11.6 Å². The Balaban J connectivity index is 2.21. The summed E-state index contributed by atoms with van der Waals surface area (Å²) in [5.41, 5.74) is -0.0334. The maximum atomic E-state index is 4.80. The summed E-state index contributed by atoms with van der Waals surface area (Å²) in [5.74, 6) is 3.71. The first-order valence-corrected chi connectivity index (χ1v) is 8.24. The van der Waals surface area contributed by atoms with Gasteiger partial charge in [-0.2, -0.15) is 0 Å². The van der Waals surface area contributed by atoms with Gasteiger partial charge in [-0.3, -0.25) is 0 Å². The molecule has 4 nitrogen and oxygen atoms in total. The van der Waals surface area contributed by atoms with Gasteiger partial charge in [0.25, 0.3) is 0 Å². The molecule has 0 aliphatic heterocycles. The van der Waals surface area contributed by atoms with Crippen LogP contribution in [0.1, 0.15) is 59.2 Å². The van der Waals surface area contributed by atoms with E-state index in [1.807, 2.05) is 0 Å².